The van der Waals surface area contributed by atoms with Crippen LogP contribution >= 0.6 is 15.9 Å². The minimum absolute atomic E-state index is 0.0504. The first-order valence-corrected chi connectivity index (χ1v) is 7.76. The summed E-state index contributed by atoms with van der Waals surface area (Å²) in [5.74, 6) is 0.674. The van der Waals surface area contributed by atoms with E-state index >= 15 is 0 Å². The van der Waals surface area contributed by atoms with Crippen molar-refractivity contribution in [2.75, 3.05) is 7.11 Å². The Morgan fingerprint density at radius 2 is 1.95 bits per heavy atom. The summed E-state index contributed by atoms with van der Waals surface area (Å²) in [6.07, 6.45) is 3.32. The average Bonchev–Trinajstić information content (AvgIpc) is 2.53. The van der Waals surface area contributed by atoms with Crippen molar-refractivity contribution in [3.8, 4) is 5.75 Å². The molecule has 0 fully saturated rings. The van der Waals surface area contributed by atoms with Crippen LogP contribution in [0.4, 0.5) is 0 Å². The molecule has 0 aliphatic carbocycles. The molecule has 2 aromatic rings. The lowest BCUT2D eigenvalue weighted by Crippen LogP contribution is -2.24. The molecule has 0 heterocycles. The first-order chi connectivity index (χ1) is 10.6. The summed E-state index contributed by atoms with van der Waals surface area (Å²) in [4.78, 5) is 12.0. The number of rotatable bonds is 5. The zero-order valence-electron chi connectivity index (χ0n) is 12.5. The average molecular weight is 360 g/mol. The van der Waals surface area contributed by atoms with Crippen molar-refractivity contribution >= 4 is 27.9 Å². The number of methoxy groups -OCH3 is 1. The lowest BCUT2D eigenvalue weighted by atomic mass is 10.1. The summed E-state index contributed by atoms with van der Waals surface area (Å²) in [6, 6.07) is 15.4. The van der Waals surface area contributed by atoms with Gasteiger partial charge >= 0.3 is 0 Å². The molecule has 2 rings (SSSR count). The highest BCUT2D eigenvalue weighted by Crippen LogP contribution is 2.18. The predicted molar refractivity (Wildman–Crippen MR) is 92.7 cm³/mol. The van der Waals surface area contributed by atoms with Gasteiger partial charge in [0.25, 0.3) is 0 Å². The Kier molecular flexibility index (Phi) is 5.78. The third kappa shape index (κ3) is 4.74. The van der Waals surface area contributed by atoms with Crippen LogP contribution in [0, 0.1) is 0 Å². The second-order valence-corrected chi connectivity index (χ2v) is 5.81. The number of amides is 1. The summed E-state index contributed by atoms with van der Waals surface area (Å²) in [5.41, 5.74) is 2.01. The fourth-order valence-corrected chi connectivity index (χ4v) is 2.42. The molecule has 0 saturated heterocycles. The number of hydrogen-bond acceptors (Lipinski definition) is 2. The van der Waals surface area contributed by atoms with E-state index in [-0.39, 0.29) is 11.9 Å². The van der Waals surface area contributed by atoms with Crippen LogP contribution in [0.1, 0.15) is 24.1 Å². The molecule has 0 spiro atoms. The molecular formula is C18H18BrNO2. The smallest absolute Gasteiger partial charge is 0.244 e. The lowest BCUT2D eigenvalue weighted by molar-refractivity contribution is -0.117. The topological polar surface area (TPSA) is 38.3 Å². The highest BCUT2D eigenvalue weighted by Gasteiger charge is 2.07. The van der Waals surface area contributed by atoms with Crippen molar-refractivity contribution < 1.29 is 9.53 Å². The van der Waals surface area contributed by atoms with Gasteiger partial charge in [-0.15, -0.1) is 0 Å². The van der Waals surface area contributed by atoms with Gasteiger partial charge in [-0.3, -0.25) is 4.79 Å². The zero-order valence-corrected chi connectivity index (χ0v) is 14.1. The van der Waals surface area contributed by atoms with Gasteiger partial charge in [-0.2, -0.15) is 0 Å². The van der Waals surface area contributed by atoms with Crippen LogP contribution in [-0.4, -0.2) is 13.0 Å². The molecule has 1 N–H and O–H groups in total. The van der Waals surface area contributed by atoms with Crippen LogP contribution in [0.2, 0.25) is 0 Å². The molecule has 1 atom stereocenters. The van der Waals surface area contributed by atoms with E-state index in [1.165, 1.54) is 6.08 Å². The van der Waals surface area contributed by atoms with Crippen LogP contribution in [0.15, 0.2) is 59.1 Å². The molecule has 0 aliphatic rings. The fraction of sp³-hybridized carbons (Fsp3) is 0.167. The maximum Gasteiger partial charge on any atom is 0.244 e. The van der Waals surface area contributed by atoms with Crippen LogP contribution < -0.4 is 10.1 Å². The monoisotopic (exact) mass is 359 g/mol. The van der Waals surface area contributed by atoms with Gasteiger partial charge in [0.15, 0.2) is 0 Å². The molecule has 4 heteroatoms. The molecule has 22 heavy (non-hydrogen) atoms. The molecular weight excluding hydrogens is 342 g/mol. The highest BCUT2D eigenvalue weighted by atomic mass is 79.9. The Hall–Kier alpha value is -2.07. The van der Waals surface area contributed by atoms with E-state index in [1.807, 2.05) is 55.5 Å². The van der Waals surface area contributed by atoms with E-state index in [4.69, 9.17) is 4.74 Å². The molecule has 0 aliphatic heterocycles. The number of ether oxygens (including phenoxy) is 1. The van der Waals surface area contributed by atoms with Gasteiger partial charge in [-0.25, -0.2) is 0 Å². The van der Waals surface area contributed by atoms with E-state index in [9.17, 15) is 4.79 Å². The van der Waals surface area contributed by atoms with Gasteiger partial charge in [0.2, 0.25) is 5.91 Å². The second-order valence-electron chi connectivity index (χ2n) is 4.89. The molecule has 3 nitrogen and oxygen atoms in total. The fourth-order valence-electron chi connectivity index (χ4n) is 2.01. The SMILES string of the molecule is COc1ccc(/C=C/C(=O)N[C@H](C)c2cccc(Br)c2)cc1. The number of hydrogen-bond donors (Lipinski definition) is 1. The highest BCUT2D eigenvalue weighted by molar-refractivity contribution is 9.10. The maximum atomic E-state index is 12.0. The summed E-state index contributed by atoms with van der Waals surface area (Å²) in [5, 5.41) is 2.94. The molecule has 114 valence electrons. The van der Waals surface area contributed by atoms with Crippen LogP contribution in [-0.2, 0) is 4.79 Å². The quantitative estimate of drug-likeness (QED) is 0.806. The third-order valence-corrected chi connectivity index (χ3v) is 3.74. The lowest BCUT2D eigenvalue weighted by Gasteiger charge is -2.13. The first kappa shape index (κ1) is 16.3. The molecule has 0 radical (unpaired) electrons. The normalized spacial score (nSPS) is 12.1. The summed E-state index contributed by atoms with van der Waals surface area (Å²) < 4.78 is 6.10. The molecule has 2 aromatic carbocycles. The zero-order chi connectivity index (χ0) is 15.9. The summed E-state index contributed by atoms with van der Waals surface area (Å²) in [6.45, 7) is 1.96. The Morgan fingerprint density at radius 1 is 1.23 bits per heavy atom. The van der Waals surface area contributed by atoms with Gasteiger partial charge in [0, 0.05) is 10.5 Å². The van der Waals surface area contributed by atoms with Gasteiger partial charge in [0.1, 0.15) is 5.75 Å². The molecule has 0 unspecified atom stereocenters. The maximum absolute atomic E-state index is 12.0. The number of nitrogens with one attached hydrogen (secondary N) is 1. The Labute approximate surface area is 139 Å². The minimum atomic E-state index is -0.122. The minimum Gasteiger partial charge on any atom is -0.497 e. The molecule has 0 bridgehead atoms. The van der Waals surface area contributed by atoms with E-state index in [0.717, 1.165) is 21.3 Å². The second kappa shape index (κ2) is 7.80. The summed E-state index contributed by atoms with van der Waals surface area (Å²) >= 11 is 3.43. The van der Waals surface area contributed by atoms with Crippen molar-refractivity contribution in [2.45, 2.75) is 13.0 Å². The van der Waals surface area contributed by atoms with Crippen molar-refractivity contribution in [1.82, 2.24) is 5.32 Å². The van der Waals surface area contributed by atoms with Crippen LogP contribution in [0.3, 0.4) is 0 Å². The van der Waals surface area contributed by atoms with Crippen molar-refractivity contribution in [3.05, 3.63) is 70.2 Å². The number of carbonyl (C=O) groups is 1. The predicted octanol–water partition coefficient (Wildman–Crippen LogP) is 4.35. The van der Waals surface area contributed by atoms with Crippen molar-refractivity contribution in [3.63, 3.8) is 0 Å². The largest absolute Gasteiger partial charge is 0.497 e. The van der Waals surface area contributed by atoms with Crippen molar-refractivity contribution in [1.29, 1.82) is 0 Å². The van der Waals surface area contributed by atoms with Gasteiger partial charge in [-0.1, -0.05) is 40.2 Å². The van der Waals surface area contributed by atoms with E-state index in [1.54, 1.807) is 13.2 Å². The first-order valence-electron chi connectivity index (χ1n) is 6.96. The number of halogens is 1. The molecule has 1 amide bonds. The standard InChI is InChI=1S/C18H18BrNO2/c1-13(15-4-3-5-16(19)12-15)20-18(21)11-8-14-6-9-17(22-2)10-7-14/h3-13H,1-2H3,(H,20,21)/b11-8+/t13-/m1/s1. The van der Waals surface area contributed by atoms with Crippen LogP contribution in [0.5, 0.6) is 5.75 Å². The summed E-state index contributed by atoms with van der Waals surface area (Å²) in [7, 11) is 1.63. The van der Waals surface area contributed by atoms with E-state index < -0.39 is 0 Å². The van der Waals surface area contributed by atoms with Gasteiger partial charge < -0.3 is 10.1 Å². The van der Waals surface area contributed by atoms with E-state index in [2.05, 4.69) is 21.2 Å². The van der Waals surface area contributed by atoms with Crippen LogP contribution in [0.25, 0.3) is 6.08 Å². The Bertz CT molecular complexity index is 665. The number of carbonyl (C=O) groups excluding carboxylic acids is 1. The Balaban J connectivity index is 1.95. The molecule has 0 saturated carbocycles. The van der Waals surface area contributed by atoms with Gasteiger partial charge in [-0.05, 0) is 48.4 Å². The number of benzene rings is 2. The molecule has 0 aromatic heterocycles. The van der Waals surface area contributed by atoms with Gasteiger partial charge in [0.05, 0.1) is 13.2 Å². The Morgan fingerprint density at radius 3 is 2.59 bits per heavy atom. The third-order valence-electron chi connectivity index (χ3n) is 3.25. The van der Waals surface area contributed by atoms with Crippen molar-refractivity contribution in [2.24, 2.45) is 0 Å². The van der Waals surface area contributed by atoms with E-state index in [0.29, 0.717) is 0 Å².